The van der Waals surface area contributed by atoms with Crippen molar-refractivity contribution in [2.75, 3.05) is 18.5 Å². The standard InChI is InChI=1S/C21H24N2O4/c1-3-21(2,23-19(24)13-15-7-5-4-6-8-15)20(25)22-16-9-10-17-18(14-16)27-12-11-26-17/h4-10,14H,3,11-13H2,1-2H3,(H,22,25)(H,23,24)/t21-/m1/s1. The van der Waals surface area contributed by atoms with Crippen LogP contribution in [-0.4, -0.2) is 30.6 Å². The van der Waals surface area contributed by atoms with Crippen molar-refractivity contribution >= 4 is 17.5 Å². The Labute approximate surface area is 158 Å². The zero-order valence-electron chi connectivity index (χ0n) is 15.6. The van der Waals surface area contributed by atoms with Gasteiger partial charge in [-0.2, -0.15) is 0 Å². The average Bonchev–Trinajstić information content (AvgIpc) is 2.68. The van der Waals surface area contributed by atoms with Crippen LogP contribution in [0.3, 0.4) is 0 Å². The molecule has 1 aliphatic rings. The number of ether oxygens (including phenoxy) is 2. The highest BCUT2D eigenvalue weighted by Gasteiger charge is 2.33. The number of nitrogens with one attached hydrogen (secondary N) is 2. The second-order valence-electron chi connectivity index (χ2n) is 6.71. The van der Waals surface area contributed by atoms with Gasteiger partial charge in [0, 0.05) is 11.8 Å². The Morgan fingerprint density at radius 2 is 1.74 bits per heavy atom. The lowest BCUT2D eigenvalue weighted by atomic mass is 9.96. The number of benzene rings is 2. The largest absolute Gasteiger partial charge is 0.486 e. The lowest BCUT2D eigenvalue weighted by Crippen LogP contribution is -2.54. The van der Waals surface area contributed by atoms with E-state index in [4.69, 9.17) is 9.47 Å². The van der Waals surface area contributed by atoms with Gasteiger partial charge in [0.2, 0.25) is 11.8 Å². The first-order valence-corrected chi connectivity index (χ1v) is 9.06. The van der Waals surface area contributed by atoms with Crippen LogP contribution >= 0.6 is 0 Å². The first-order valence-electron chi connectivity index (χ1n) is 9.06. The van der Waals surface area contributed by atoms with Crippen LogP contribution in [0, 0.1) is 0 Å². The molecule has 0 aromatic heterocycles. The fourth-order valence-electron chi connectivity index (χ4n) is 2.83. The summed E-state index contributed by atoms with van der Waals surface area (Å²) in [6.45, 7) is 4.59. The summed E-state index contributed by atoms with van der Waals surface area (Å²) in [5, 5.41) is 5.73. The molecule has 2 aromatic carbocycles. The smallest absolute Gasteiger partial charge is 0.249 e. The molecule has 0 spiro atoms. The van der Waals surface area contributed by atoms with Crippen molar-refractivity contribution in [1.29, 1.82) is 0 Å². The van der Waals surface area contributed by atoms with Gasteiger partial charge in [0.05, 0.1) is 6.42 Å². The van der Waals surface area contributed by atoms with Crippen LogP contribution in [-0.2, 0) is 16.0 Å². The summed E-state index contributed by atoms with van der Waals surface area (Å²) in [6, 6.07) is 14.7. The topological polar surface area (TPSA) is 76.7 Å². The van der Waals surface area contributed by atoms with Crippen LogP contribution in [0.25, 0.3) is 0 Å². The van der Waals surface area contributed by atoms with Crippen molar-refractivity contribution in [3.05, 3.63) is 54.1 Å². The molecule has 3 rings (SSSR count). The van der Waals surface area contributed by atoms with E-state index in [0.29, 0.717) is 36.8 Å². The van der Waals surface area contributed by atoms with Gasteiger partial charge in [-0.1, -0.05) is 37.3 Å². The highest BCUT2D eigenvalue weighted by Crippen LogP contribution is 2.32. The number of carbonyl (C=O) groups excluding carboxylic acids is 2. The highest BCUT2D eigenvalue weighted by atomic mass is 16.6. The Morgan fingerprint density at radius 3 is 2.44 bits per heavy atom. The average molecular weight is 368 g/mol. The van der Waals surface area contributed by atoms with Gasteiger partial charge >= 0.3 is 0 Å². The van der Waals surface area contributed by atoms with Crippen LogP contribution in [0.4, 0.5) is 5.69 Å². The predicted molar refractivity (Wildman–Crippen MR) is 103 cm³/mol. The van der Waals surface area contributed by atoms with Gasteiger partial charge in [0.1, 0.15) is 18.8 Å². The van der Waals surface area contributed by atoms with Crippen LogP contribution in [0.15, 0.2) is 48.5 Å². The lowest BCUT2D eigenvalue weighted by Gasteiger charge is -2.28. The number of carbonyl (C=O) groups is 2. The van der Waals surface area contributed by atoms with Crippen LogP contribution < -0.4 is 20.1 Å². The summed E-state index contributed by atoms with van der Waals surface area (Å²) < 4.78 is 11.0. The molecule has 2 amide bonds. The molecule has 0 fully saturated rings. The first-order chi connectivity index (χ1) is 13.0. The quantitative estimate of drug-likeness (QED) is 0.822. The zero-order valence-corrected chi connectivity index (χ0v) is 15.6. The van der Waals surface area contributed by atoms with Crippen molar-refractivity contribution in [2.24, 2.45) is 0 Å². The van der Waals surface area contributed by atoms with Gasteiger partial charge in [-0.25, -0.2) is 0 Å². The fourth-order valence-corrected chi connectivity index (χ4v) is 2.83. The third-order valence-corrected chi connectivity index (χ3v) is 4.63. The summed E-state index contributed by atoms with van der Waals surface area (Å²) in [4.78, 5) is 25.2. The van der Waals surface area contributed by atoms with Crippen molar-refractivity contribution in [1.82, 2.24) is 5.32 Å². The van der Waals surface area contributed by atoms with Crippen LogP contribution in [0.5, 0.6) is 11.5 Å². The van der Waals surface area contributed by atoms with E-state index in [1.165, 1.54) is 0 Å². The van der Waals surface area contributed by atoms with Gasteiger partial charge in [0.25, 0.3) is 0 Å². The Bertz CT molecular complexity index is 822. The van der Waals surface area contributed by atoms with E-state index in [1.54, 1.807) is 25.1 Å². The predicted octanol–water partition coefficient (Wildman–Crippen LogP) is 2.92. The minimum atomic E-state index is -1.01. The number of hydrogen-bond acceptors (Lipinski definition) is 4. The van der Waals surface area contributed by atoms with E-state index in [9.17, 15) is 9.59 Å². The summed E-state index contributed by atoms with van der Waals surface area (Å²) in [7, 11) is 0. The maximum atomic E-state index is 12.8. The summed E-state index contributed by atoms with van der Waals surface area (Å²) in [6.07, 6.45) is 0.692. The summed E-state index contributed by atoms with van der Waals surface area (Å²) in [5.41, 5.74) is 0.487. The summed E-state index contributed by atoms with van der Waals surface area (Å²) >= 11 is 0. The van der Waals surface area contributed by atoms with Crippen LogP contribution in [0.2, 0.25) is 0 Å². The number of rotatable bonds is 6. The summed E-state index contributed by atoms with van der Waals surface area (Å²) in [5.74, 6) is 0.796. The number of amides is 2. The molecular formula is C21H24N2O4. The van der Waals surface area contributed by atoms with Gasteiger partial charge in [-0.05, 0) is 31.0 Å². The van der Waals surface area contributed by atoms with Crippen molar-refractivity contribution in [3.8, 4) is 11.5 Å². The Hall–Kier alpha value is -3.02. The van der Waals surface area contributed by atoms with Crippen molar-refractivity contribution < 1.29 is 19.1 Å². The van der Waals surface area contributed by atoms with E-state index in [0.717, 1.165) is 5.56 Å². The molecule has 1 heterocycles. The number of hydrogen-bond donors (Lipinski definition) is 2. The minimum absolute atomic E-state index is 0.192. The van der Waals surface area contributed by atoms with Crippen molar-refractivity contribution in [2.45, 2.75) is 32.2 Å². The number of anilines is 1. The van der Waals surface area contributed by atoms with E-state index < -0.39 is 5.54 Å². The van der Waals surface area contributed by atoms with E-state index in [-0.39, 0.29) is 18.2 Å². The second-order valence-corrected chi connectivity index (χ2v) is 6.71. The Kier molecular flexibility index (Phi) is 5.64. The van der Waals surface area contributed by atoms with Crippen LogP contribution in [0.1, 0.15) is 25.8 Å². The molecule has 0 saturated carbocycles. The molecule has 142 valence electrons. The molecule has 2 N–H and O–H groups in total. The maximum Gasteiger partial charge on any atom is 0.249 e. The molecule has 6 nitrogen and oxygen atoms in total. The highest BCUT2D eigenvalue weighted by molar-refractivity contribution is 6.00. The molecule has 2 aromatic rings. The van der Waals surface area contributed by atoms with Gasteiger partial charge in [-0.3, -0.25) is 9.59 Å². The SMILES string of the molecule is CC[C@@](C)(NC(=O)Cc1ccccc1)C(=O)Nc1ccc2c(c1)OCCO2. The zero-order chi connectivity index (χ0) is 19.3. The van der Waals surface area contributed by atoms with E-state index in [2.05, 4.69) is 10.6 Å². The molecule has 6 heteroatoms. The second kappa shape index (κ2) is 8.12. The fraction of sp³-hybridized carbons (Fsp3) is 0.333. The van der Waals surface area contributed by atoms with Gasteiger partial charge in [0.15, 0.2) is 11.5 Å². The molecule has 1 aliphatic heterocycles. The molecule has 0 saturated heterocycles. The molecule has 0 unspecified atom stereocenters. The molecule has 27 heavy (non-hydrogen) atoms. The molecule has 0 bridgehead atoms. The third kappa shape index (κ3) is 4.58. The van der Waals surface area contributed by atoms with Gasteiger partial charge < -0.3 is 20.1 Å². The van der Waals surface area contributed by atoms with E-state index in [1.807, 2.05) is 37.3 Å². The molecule has 0 aliphatic carbocycles. The molecular weight excluding hydrogens is 344 g/mol. The first kappa shape index (κ1) is 18.8. The van der Waals surface area contributed by atoms with Gasteiger partial charge in [-0.15, -0.1) is 0 Å². The van der Waals surface area contributed by atoms with E-state index >= 15 is 0 Å². The Morgan fingerprint density at radius 1 is 1.04 bits per heavy atom. The number of fused-ring (bicyclic) bond motifs is 1. The Balaban J connectivity index is 1.66. The molecule has 0 radical (unpaired) electrons. The monoisotopic (exact) mass is 368 g/mol. The maximum absolute atomic E-state index is 12.8. The molecule has 1 atom stereocenters. The third-order valence-electron chi connectivity index (χ3n) is 4.63. The van der Waals surface area contributed by atoms with Crippen molar-refractivity contribution in [3.63, 3.8) is 0 Å². The minimum Gasteiger partial charge on any atom is -0.486 e. The normalized spacial score (nSPS) is 14.7. The lowest BCUT2D eigenvalue weighted by molar-refractivity contribution is -0.129.